The van der Waals surface area contributed by atoms with Crippen molar-refractivity contribution >= 4 is 35.0 Å². The molecule has 142 valence electrons. The summed E-state index contributed by atoms with van der Waals surface area (Å²) in [5.74, 6) is 0.474. The second kappa shape index (κ2) is 7.56. The van der Waals surface area contributed by atoms with Crippen molar-refractivity contribution in [2.24, 2.45) is 0 Å². The van der Waals surface area contributed by atoms with Gasteiger partial charge >= 0.3 is 0 Å². The van der Waals surface area contributed by atoms with Crippen molar-refractivity contribution in [3.63, 3.8) is 0 Å². The van der Waals surface area contributed by atoms with Gasteiger partial charge < -0.3 is 9.73 Å². The van der Waals surface area contributed by atoms with Crippen molar-refractivity contribution in [3.05, 3.63) is 83.3 Å². The molecule has 1 aliphatic rings. The standard InChI is InChI=1S/C22H20N2O3S/c1-14-9-15(2)11-18(10-14)24-20(25)13-28-22(24)16-5-3-6-17(12-16)23-21(26)19-7-4-8-27-19/h3-12,22H,13H2,1-2H3,(H,23,26). The van der Waals surface area contributed by atoms with E-state index in [0.717, 1.165) is 22.4 Å². The average molecular weight is 392 g/mol. The zero-order valence-electron chi connectivity index (χ0n) is 15.6. The van der Waals surface area contributed by atoms with E-state index in [0.29, 0.717) is 11.4 Å². The molecule has 0 spiro atoms. The fourth-order valence-electron chi connectivity index (χ4n) is 3.41. The third kappa shape index (κ3) is 3.68. The zero-order chi connectivity index (χ0) is 19.7. The summed E-state index contributed by atoms with van der Waals surface area (Å²) in [6.07, 6.45) is 1.47. The molecule has 3 aromatic rings. The molecular weight excluding hydrogens is 372 g/mol. The highest BCUT2D eigenvalue weighted by molar-refractivity contribution is 8.00. The molecule has 28 heavy (non-hydrogen) atoms. The van der Waals surface area contributed by atoms with Gasteiger partial charge in [0, 0.05) is 11.4 Å². The van der Waals surface area contributed by atoms with Gasteiger partial charge in [0.15, 0.2) is 5.76 Å². The Bertz CT molecular complexity index is 1010. The van der Waals surface area contributed by atoms with Crippen LogP contribution in [-0.4, -0.2) is 17.6 Å². The van der Waals surface area contributed by atoms with Crippen LogP contribution in [0.4, 0.5) is 11.4 Å². The lowest BCUT2D eigenvalue weighted by atomic mass is 10.1. The predicted molar refractivity (Wildman–Crippen MR) is 112 cm³/mol. The summed E-state index contributed by atoms with van der Waals surface area (Å²) in [5, 5.41) is 2.72. The molecule has 4 rings (SSSR count). The highest BCUT2D eigenvalue weighted by atomic mass is 32.2. The maximum absolute atomic E-state index is 12.6. The molecule has 0 aliphatic carbocycles. The molecule has 6 heteroatoms. The monoisotopic (exact) mass is 392 g/mol. The Balaban J connectivity index is 1.62. The van der Waals surface area contributed by atoms with Gasteiger partial charge in [0.05, 0.1) is 12.0 Å². The minimum atomic E-state index is -0.302. The number of carbonyl (C=O) groups excluding carboxylic acids is 2. The van der Waals surface area contributed by atoms with Crippen LogP contribution in [0.15, 0.2) is 65.3 Å². The summed E-state index contributed by atoms with van der Waals surface area (Å²) < 4.78 is 5.14. The first-order chi connectivity index (χ1) is 13.5. The molecule has 1 aliphatic heterocycles. The summed E-state index contributed by atoms with van der Waals surface area (Å²) in [6.45, 7) is 4.06. The number of benzene rings is 2. The molecule has 2 amide bonds. The zero-order valence-corrected chi connectivity index (χ0v) is 16.5. The molecule has 1 aromatic heterocycles. The Morgan fingerprint density at radius 2 is 1.89 bits per heavy atom. The normalized spacial score (nSPS) is 16.4. The van der Waals surface area contributed by atoms with Crippen molar-refractivity contribution < 1.29 is 14.0 Å². The Kier molecular flexibility index (Phi) is 4.96. The number of rotatable bonds is 4. The summed E-state index contributed by atoms with van der Waals surface area (Å²) in [5.41, 5.74) is 4.78. The Morgan fingerprint density at radius 3 is 2.61 bits per heavy atom. The first-order valence-electron chi connectivity index (χ1n) is 8.98. The molecule has 2 heterocycles. The number of hydrogen-bond acceptors (Lipinski definition) is 4. The van der Waals surface area contributed by atoms with Crippen molar-refractivity contribution in [3.8, 4) is 0 Å². The van der Waals surface area contributed by atoms with Crippen LogP contribution in [0.2, 0.25) is 0 Å². The smallest absolute Gasteiger partial charge is 0.291 e. The average Bonchev–Trinajstić information content (AvgIpc) is 3.31. The lowest BCUT2D eigenvalue weighted by molar-refractivity contribution is -0.115. The second-order valence-electron chi connectivity index (χ2n) is 6.83. The number of amides is 2. The Labute approximate surface area is 167 Å². The summed E-state index contributed by atoms with van der Waals surface area (Å²) >= 11 is 1.59. The van der Waals surface area contributed by atoms with Crippen LogP contribution < -0.4 is 10.2 Å². The largest absolute Gasteiger partial charge is 0.459 e. The van der Waals surface area contributed by atoms with Crippen molar-refractivity contribution in [1.29, 1.82) is 0 Å². The summed E-state index contributed by atoms with van der Waals surface area (Å²) in [6, 6.07) is 17.1. The molecule has 0 radical (unpaired) electrons. The summed E-state index contributed by atoms with van der Waals surface area (Å²) in [4.78, 5) is 26.7. The molecule has 1 saturated heterocycles. The van der Waals surface area contributed by atoms with Crippen LogP contribution in [0.5, 0.6) is 0 Å². The van der Waals surface area contributed by atoms with E-state index in [4.69, 9.17) is 4.42 Å². The SMILES string of the molecule is Cc1cc(C)cc(N2C(=O)CSC2c2cccc(NC(=O)c3ccco3)c2)c1. The number of carbonyl (C=O) groups is 2. The topological polar surface area (TPSA) is 62.6 Å². The first-order valence-corrected chi connectivity index (χ1v) is 10.0. The van der Waals surface area contributed by atoms with Gasteiger partial charge in [-0.1, -0.05) is 18.2 Å². The molecule has 0 saturated carbocycles. The van der Waals surface area contributed by atoms with Gasteiger partial charge in [-0.25, -0.2) is 0 Å². The van der Waals surface area contributed by atoms with Crippen molar-refractivity contribution in [1.82, 2.24) is 0 Å². The molecule has 0 bridgehead atoms. The van der Waals surface area contributed by atoms with Gasteiger partial charge in [-0.05, 0) is 66.9 Å². The quantitative estimate of drug-likeness (QED) is 0.684. The highest BCUT2D eigenvalue weighted by Crippen LogP contribution is 2.42. The number of aryl methyl sites for hydroxylation is 2. The second-order valence-corrected chi connectivity index (χ2v) is 7.90. The van der Waals surface area contributed by atoms with E-state index < -0.39 is 0 Å². The van der Waals surface area contributed by atoms with Crippen LogP contribution in [0.25, 0.3) is 0 Å². The third-order valence-electron chi connectivity index (χ3n) is 4.53. The Morgan fingerprint density at radius 1 is 1.11 bits per heavy atom. The fourth-order valence-corrected chi connectivity index (χ4v) is 4.58. The number of anilines is 2. The molecule has 1 N–H and O–H groups in total. The maximum atomic E-state index is 12.6. The van der Waals surface area contributed by atoms with Crippen LogP contribution in [0, 0.1) is 13.8 Å². The van der Waals surface area contributed by atoms with Crippen molar-refractivity contribution in [2.75, 3.05) is 16.0 Å². The number of furan rings is 1. The van der Waals surface area contributed by atoms with E-state index in [9.17, 15) is 9.59 Å². The third-order valence-corrected chi connectivity index (χ3v) is 5.74. The van der Waals surface area contributed by atoms with Gasteiger partial charge in [0.2, 0.25) is 5.91 Å². The molecule has 2 aromatic carbocycles. The van der Waals surface area contributed by atoms with E-state index in [1.165, 1.54) is 6.26 Å². The molecule has 1 atom stereocenters. The lowest BCUT2D eigenvalue weighted by Crippen LogP contribution is -2.28. The van der Waals surface area contributed by atoms with Crippen LogP contribution in [0.1, 0.15) is 32.6 Å². The number of nitrogens with one attached hydrogen (secondary N) is 1. The lowest BCUT2D eigenvalue weighted by Gasteiger charge is -2.25. The maximum Gasteiger partial charge on any atom is 0.291 e. The fraction of sp³-hybridized carbons (Fsp3) is 0.182. The van der Waals surface area contributed by atoms with Gasteiger partial charge in [-0.15, -0.1) is 11.8 Å². The predicted octanol–water partition coefficient (Wildman–Crippen LogP) is 4.93. The number of thioether (sulfide) groups is 1. The van der Waals surface area contributed by atoms with Gasteiger partial charge in [-0.3, -0.25) is 14.5 Å². The van der Waals surface area contributed by atoms with E-state index in [2.05, 4.69) is 11.4 Å². The van der Waals surface area contributed by atoms with Crippen LogP contribution >= 0.6 is 11.8 Å². The Hall–Kier alpha value is -2.99. The molecule has 1 fully saturated rings. The molecular formula is C22H20N2O3S. The van der Waals surface area contributed by atoms with Crippen molar-refractivity contribution in [2.45, 2.75) is 19.2 Å². The van der Waals surface area contributed by atoms with E-state index >= 15 is 0 Å². The van der Waals surface area contributed by atoms with Gasteiger partial charge in [0.25, 0.3) is 5.91 Å². The first kappa shape index (κ1) is 18.4. The minimum Gasteiger partial charge on any atom is -0.459 e. The highest BCUT2D eigenvalue weighted by Gasteiger charge is 2.34. The van der Waals surface area contributed by atoms with Gasteiger partial charge in [-0.2, -0.15) is 0 Å². The van der Waals surface area contributed by atoms with E-state index in [-0.39, 0.29) is 22.9 Å². The van der Waals surface area contributed by atoms with Crippen LogP contribution in [-0.2, 0) is 4.79 Å². The van der Waals surface area contributed by atoms with Crippen LogP contribution in [0.3, 0.4) is 0 Å². The summed E-state index contributed by atoms with van der Waals surface area (Å²) in [7, 11) is 0. The number of hydrogen-bond donors (Lipinski definition) is 1. The van der Waals surface area contributed by atoms with E-state index in [1.807, 2.05) is 55.1 Å². The minimum absolute atomic E-state index is 0.0880. The molecule has 1 unspecified atom stereocenters. The van der Waals surface area contributed by atoms with Gasteiger partial charge in [0.1, 0.15) is 5.37 Å². The van der Waals surface area contributed by atoms with E-state index in [1.54, 1.807) is 23.9 Å². The molecule has 5 nitrogen and oxygen atoms in total. The number of nitrogens with zero attached hydrogens (tertiary/aromatic N) is 1.